The second-order valence-electron chi connectivity index (χ2n) is 3.36. The maximum atomic E-state index is 13.1. The SMILES string of the molecule is O=C(O)CCc1nc2cc(Cl)c(F)cc2[nH]1. The summed E-state index contributed by atoms with van der Waals surface area (Å²) in [5.41, 5.74) is 1.05. The first-order chi connectivity index (χ1) is 7.56. The lowest BCUT2D eigenvalue weighted by molar-refractivity contribution is -0.137. The number of halogens is 2. The quantitative estimate of drug-likeness (QED) is 0.868. The molecule has 6 heteroatoms. The average Bonchev–Trinajstić information content (AvgIpc) is 2.58. The van der Waals surface area contributed by atoms with Gasteiger partial charge in [0, 0.05) is 12.5 Å². The van der Waals surface area contributed by atoms with Gasteiger partial charge in [0.2, 0.25) is 0 Å². The molecule has 84 valence electrons. The summed E-state index contributed by atoms with van der Waals surface area (Å²) < 4.78 is 13.1. The van der Waals surface area contributed by atoms with E-state index in [2.05, 4.69) is 9.97 Å². The van der Waals surface area contributed by atoms with Gasteiger partial charge in [-0.25, -0.2) is 9.37 Å². The van der Waals surface area contributed by atoms with E-state index in [1.165, 1.54) is 12.1 Å². The van der Waals surface area contributed by atoms with Crippen LogP contribution in [0.4, 0.5) is 4.39 Å². The van der Waals surface area contributed by atoms with Gasteiger partial charge < -0.3 is 10.1 Å². The fourth-order valence-corrected chi connectivity index (χ4v) is 1.56. The molecule has 0 spiro atoms. The average molecular weight is 243 g/mol. The lowest BCUT2D eigenvalue weighted by atomic mass is 10.3. The Hall–Kier alpha value is -1.62. The zero-order valence-corrected chi connectivity index (χ0v) is 8.88. The second kappa shape index (κ2) is 4.09. The normalized spacial score (nSPS) is 10.9. The first-order valence-corrected chi connectivity index (χ1v) is 4.99. The Morgan fingerprint density at radius 3 is 3.00 bits per heavy atom. The molecule has 0 saturated carbocycles. The van der Waals surface area contributed by atoms with Crippen molar-refractivity contribution in [3.05, 3.63) is 28.8 Å². The number of carbonyl (C=O) groups is 1. The molecule has 0 amide bonds. The number of hydrogen-bond donors (Lipinski definition) is 2. The first-order valence-electron chi connectivity index (χ1n) is 4.61. The van der Waals surface area contributed by atoms with E-state index in [1.54, 1.807) is 0 Å². The van der Waals surface area contributed by atoms with Gasteiger partial charge in [0.25, 0.3) is 0 Å². The molecule has 0 aliphatic carbocycles. The van der Waals surface area contributed by atoms with Crippen molar-refractivity contribution in [2.24, 2.45) is 0 Å². The highest BCUT2D eigenvalue weighted by Crippen LogP contribution is 2.21. The molecule has 2 N–H and O–H groups in total. The van der Waals surface area contributed by atoms with E-state index in [0.29, 0.717) is 16.9 Å². The van der Waals surface area contributed by atoms with Gasteiger partial charge >= 0.3 is 5.97 Å². The number of carboxylic acid groups (broad SMARTS) is 1. The van der Waals surface area contributed by atoms with E-state index in [-0.39, 0.29) is 17.9 Å². The molecule has 16 heavy (non-hydrogen) atoms. The van der Waals surface area contributed by atoms with E-state index < -0.39 is 11.8 Å². The largest absolute Gasteiger partial charge is 0.481 e. The van der Waals surface area contributed by atoms with Gasteiger partial charge in [0.15, 0.2) is 0 Å². The minimum absolute atomic E-state index is 0.00350. The number of carboxylic acids is 1. The van der Waals surface area contributed by atoms with Crippen LogP contribution in [0, 0.1) is 5.82 Å². The molecule has 0 radical (unpaired) electrons. The number of H-pyrrole nitrogens is 1. The van der Waals surface area contributed by atoms with Crippen molar-refractivity contribution in [2.45, 2.75) is 12.8 Å². The number of aliphatic carboxylic acids is 1. The van der Waals surface area contributed by atoms with Crippen molar-refractivity contribution >= 4 is 28.6 Å². The van der Waals surface area contributed by atoms with Crippen molar-refractivity contribution in [2.75, 3.05) is 0 Å². The molecular weight excluding hydrogens is 235 g/mol. The molecule has 0 atom stereocenters. The standard InChI is InChI=1S/C10H8ClFN2O2/c11-5-3-7-8(4-6(5)12)14-9(13-7)1-2-10(15)16/h3-4H,1-2H2,(H,13,14)(H,15,16). The molecule has 0 saturated heterocycles. The van der Waals surface area contributed by atoms with Crippen molar-refractivity contribution in [1.29, 1.82) is 0 Å². The number of aryl methyl sites for hydroxylation is 1. The van der Waals surface area contributed by atoms with Crippen molar-refractivity contribution in [1.82, 2.24) is 9.97 Å². The molecular formula is C10H8ClFN2O2. The summed E-state index contributed by atoms with van der Waals surface area (Å²) in [6.07, 6.45) is 0.263. The fraction of sp³-hybridized carbons (Fsp3) is 0.200. The fourth-order valence-electron chi connectivity index (χ4n) is 1.40. The van der Waals surface area contributed by atoms with Gasteiger partial charge in [-0.2, -0.15) is 0 Å². The van der Waals surface area contributed by atoms with Gasteiger partial charge in [-0.15, -0.1) is 0 Å². The highest BCUT2D eigenvalue weighted by molar-refractivity contribution is 6.31. The molecule has 0 aliphatic heterocycles. The summed E-state index contributed by atoms with van der Waals surface area (Å²) in [6, 6.07) is 2.65. The van der Waals surface area contributed by atoms with Crippen molar-refractivity contribution in [3.8, 4) is 0 Å². The van der Waals surface area contributed by atoms with Crippen LogP contribution in [0.5, 0.6) is 0 Å². The predicted octanol–water partition coefficient (Wildman–Crippen LogP) is 2.37. The Bertz CT molecular complexity index is 514. The summed E-state index contributed by atoms with van der Waals surface area (Å²) in [5, 5.41) is 8.52. The molecule has 0 aliphatic rings. The van der Waals surface area contributed by atoms with E-state index >= 15 is 0 Å². The van der Waals surface area contributed by atoms with E-state index in [9.17, 15) is 9.18 Å². The Morgan fingerprint density at radius 2 is 2.31 bits per heavy atom. The minimum atomic E-state index is -0.898. The van der Waals surface area contributed by atoms with Gasteiger partial charge in [0.1, 0.15) is 11.6 Å². The van der Waals surface area contributed by atoms with Crippen LogP contribution in [-0.4, -0.2) is 21.0 Å². The van der Waals surface area contributed by atoms with Crippen LogP contribution in [0.15, 0.2) is 12.1 Å². The summed E-state index contributed by atoms with van der Waals surface area (Å²) >= 11 is 5.60. The van der Waals surface area contributed by atoms with Crippen LogP contribution in [0.2, 0.25) is 5.02 Å². The molecule has 1 aromatic carbocycles. The minimum Gasteiger partial charge on any atom is -0.481 e. The molecule has 4 nitrogen and oxygen atoms in total. The van der Waals surface area contributed by atoms with Gasteiger partial charge in [-0.05, 0) is 6.07 Å². The van der Waals surface area contributed by atoms with Crippen LogP contribution in [0.25, 0.3) is 11.0 Å². The van der Waals surface area contributed by atoms with Crippen LogP contribution in [0.3, 0.4) is 0 Å². The Kier molecular flexibility index (Phi) is 2.78. The summed E-state index contributed by atoms with van der Waals surface area (Å²) in [6.45, 7) is 0. The maximum Gasteiger partial charge on any atom is 0.303 e. The van der Waals surface area contributed by atoms with Gasteiger partial charge in [0.05, 0.1) is 22.5 Å². The highest BCUT2D eigenvalue weighted by Gasteiger charge is 2.08. The topological polar surface area (TPSA) is 66.0 Å². The molecule has 1 aromatic heterocycles. The number of aromatic amines is 1. The predicted molar refractivity (Wildman–Crippen MR) is 57.0 cm³/mol. The van der Waals surface area contributed by atoms with E-state index in [0.717, 1.165) is 0 Å². The molecule has 0 fully saturated rings. The zero-order valence-electron chi connectivity index (χ0n) is 8.13. The smallest absolute Gasteiger partial charge is 0.303 e. The molecule has 1 heterocycles. The summed E-state index contributed by atoms with van der Waals surface area (Å²) in [4.78, 5) is 17.3. The van der Waals surface area contributed by atoms with Crippen LogP contribution < -0.4 is 0 Å². The molecule has 0 unspecified atom stereocenters. The Balaban J connectivity index is 2.33. The Morgan fingerprint density at radius 1 is 1.56 bits per heavy atom. The number of aromatic nitrogens is 2. The number of hydrogen-bond acceptors (Lipinski definition) is 2. The number of fused-ring (bicyclic) bond motifs is 1. The summed E-state index contributed by atoms with van der Waals surface area (Å²) in [5.74, 6) is -0.911. The van der Waals surface area contributed by atoms with Crippen molar-refractivity contribution in [3.63, 3.8) is 0 Å². The number of nitrogens with one attached hydrogen (secondary N) is 1. The third-order valence-corrected chi connectivity index (χ3v) is 2.44. The highest BCUT2D eigenvalue weighted by atomic mass is 35.5. The molecule has 2 aromatic rings. The zero-order chi connectivity index (χ0) is 11.7. The third kappa shape index (κ3) is 2.14. The Labute approximate surface area is 95.1 Å². The lowest BCUT2D eigenvalue weighted by Gasteiger charge is -1.91. The monoisotopic (exact) mass is 242 g/mol. The van der Waals surface area contributed by atoms with Crippen LogP contribution in [-0.2, 0) is 11.2 Å². The number of rotatable bonds is 3. The van der Waals surface area contributed by atoms with Gasteiger partial charge in [-0.3, -0.25) is 4.79 Å². The number of benzene rings is 1. The van der Waals surface area contributed by atoms with Crippen molar-refractivity contribution < 1.29 is 14.3 Å². The van der Waals surface area contributed by atoms with E-state index in [1.807, 2.05) is 0 Å². The van der Waals surface area contributed by atoms with Gasteiger partial charge in [-0.1, -0.05) is 11.6 Å². The number of imidazole rings is 1. The maximum absolute atomic E-state index is 13.1. The van der Waals surface area contributed by atoms with Crippen LogP contribution >= 0.6 is 11.6 Å². The summed E-state index contributed by atoms with van der Waals surface area (Å²) in [7, 11) is 0. The first kappa shape index (κ1) is 10.9. The lowest BCUT2D eigenvalue weighted by Crippen LogP contribution is -1.98. The van der Waals surface area contributed by atoms with E-state index in [4.69, 9.17) is 16.7 Å². The molecule has 2 rings (SSSR count). The second-order valence-corrected chi connectivity index (χ2v) is 3.77. The van der Waals surface area contributed by atoms with Crippen LogP contribution in [0.1, 0.15) is 12.2 Å². The number of nitrogens with zero attached hydrogens (tertiary/aromatic N) is 1. The third-order valence-electron chi connectivity index (χ3n) is 2.15. The molecule has 0 bridgehead atoms.